The van der Waals surface area contributed by atoms with Crippen LogP contribution in [0.4, 0.5) is 9.18 Å². The predicted octanol–water partition coefficient (Wildman–Crippen LogP) is 4.85. The summed E-state index contributed by atoms with van der Waals surface area (Å²) in [6, 6.07) is 14.1. The van der Waals surface area contributed by atoms with Crippen LogP contribution in [0.2, 0.25) is 0 Å². The van der Waals surface area contributed by atoms with E-state index in [2.05, 4.69) is 24.4 Å². The van der Waals surface area contributed by atoms with Crippen LogP contribution in [0.1, 0.15) is 49.5 Å². The summed E-state index contributed by atoms with van der Waals surface area (Å²) in [6.07, 6.45) is 0.999. The van der Waals surface area contributed by atoms with E-state index >= 15 is 0 Å². The molecule has 128 valence electrons. The summed E-state index contributed by atoms with van der Waals surface area (Å²) in [5, 5.41) is 3.01. The van der Waals surface area contributed by atoms with Crippen molar-refractivity contribution in [2.24, 2.45) is 0 Å². The number of benzene rings is 2. The lowest BCUT2D eigenvalue weighted by molar-refractivity contribution is 0.191. The quantitative estimate of drug-likeness (QED) is 0.836. The standard InChI is InChI=1S/C20H25FN2O/c1-5-16-6-8-17(9-7-16)14(2)22-20(24)23(4)15(3)18-10-12-19(21)13-11-18/h6-15H,5H2,1-4H3,(H,22,24). The molecule has 2 aromatic carbocycles. The Labute approximate surface area is 143 Å². The van der Waals surface area contributed by atoms with Gasteiger partial charge in [-0.1, -0.05) is 43.3 Å². The van der Waals surface area contributed by atoms with Crippen molar-refractivity contribution in [1.29, 1.82) is 0 Å². The highest BCUT2D eigenvalue weighted by Gasteiger charge is 2.19. The molecule has 0 bridgehead atoms. The van der Waals surface area contributed by atoms with Gasteiger partial charge in [-0.25, -0.2) is 9.18 Å². The number of carbonyl (C=O) groups excluding carboxylic acids is 1. The molecule has 24 heavy (non-hydrogen) atoms. The summed E-state index contributed by atoms with van der Waals surface area (Å²) in [5.74, 6) is -0.276. The second kappa shape index (κ2) is 7.95. The molecular formula is C20H25FN2O. The Kier molecular flexibility index (Phi) is 5.96. The van der Waals surface area contributed by atoms with Gasteiger partial charge in [-0.3, -0.25) is 0 Å². The molecule has 2 aromatic rings. The van der Waals surface area contributed by atoms with E-state index < -0.39 is 0 Å². The normalized spacial score (nSPS) is 13.2. The third-order valence-corrected chi connectivity index (χ3v) is 4.48. The van der Waals surface area contributed by atoms with Crippen LogP contribution >= 0.6 is 0 Å². The van der Waals surface area contributed by atoms with Crippen molar-refractivity contribution in [1.82, 2.24) is 10.2 Å². The maximum absolute atomic E-state index is 13.0. The Hall–Kier alpha value is -2.36. The number of halogens is 1. The van der Waals surface area contributed by atoms with Crippen molar-refractivity contribution in [3.63, 3.8) is 0 Å². The van der Waals surface area contributed by atoms with E-state index in [0.29, 0.717) is 0 Å². The molecule has 1 N–H and O–H groups in total. The van der Waals surface area contributed by atoms with Gasteiger partial charge in [0.05, 0.1) is 12.1 Å². The van der Waals surface area contributed by atoms with Crippen LogP contribution in [-0.4, -0.2) is 18.0 Å². The Morgan fingerprint density at radius 1 is 1.04 bits per heavy atom. The van der Waals surface area contributed by atoms with E-state index in [9.17, 15) is 9.18 Å². The summed E-state index contributed by atoms with van der Waals surface area (Å²) >= 11 is 0. The van der Waals surface area contributed by atoms with Gasteiger partial charge in [0, 0.05) is 7.05 Å². The fourth-order valence-electron chi connectivity index (χ4n) is 2.55. The molecule has 0 saturated carbocycles. The fourth-order valence-corrected chi connectivity index (χ4v) is 2.55. The molecule has 0 saturated heterocycles. The second-order valence-electron chi connectivity index (χ2n) is 6.10. The smallest absolute Gasteiger partial charge is 0.318 e. The highest BCUT2D eigenvalue weighted by atomic mass is 19.1. The van der Waals surface area contributed by atoms with E-state index in [0.717, 1.165) is 17.5 Å². The molecule has 0 heterocycles. The number of nitrogens with one attached hydrogen (secondary N) is 1. The Morgan fingerprint density at radius 2 is 1.58 bits per heavy atom. The van der Waals surface area contributed by atoms with Crippen molar-refractivity contribution in [3.05, 3.63) is 71.0 Å². The summed E-state index contributed by atoms with van der Waals surface area (Å²) in [6.45, 7) is 6.01. The van der Waals surface area contributed by atoms with Crippen LogP contribution in [0.25, 0.3) is 0 Å². The monoisotopic (exact) mass is 328 g/mol. The maximum Gasteiger partial charge on any atom is 0.318 e. The number of hydrogen-bond acceptors (Lipinski definition) is 1. The average Bonchev–Trinajstić information content (AvgIpc) is 2.61. The van der Waals surface area contributed by atoms with Gasteiger partial charge >= 0.3 is 6.03 Å². The molecule has 0 spiro atoms. The number of hydrogen-bond donors (Lipinski definition) is 1. The predicted molar refractivity (Wildman–Crippen MR) is 95.3 cm³/mol. The van der Waals surface area contributed by atoms with E-state index in [4.69, 9.17) is 0 Å². The van der Waals surface area contributed by atoms with Crippen molar-refractivity contribution in [2.45, 2.75) is 39.3 Å². The molecule has 2 rings (SSSR count). The van der Waals surface area contributed by atoms with Gasteiger partial charge in [-0.05, 0) is 49.1 Å². The molecule has 0 aromatic heterocycles. The topological polar surface area (TPSA) is 32.3 Å². The van der Waals surface area contributed by atoms with Crippen LogP contribution in [-0.2, 0) is 6.42 Å². The minimum absolute atomic E-state index is 0.0775. The van der Waals surface area contributed by atoms with Crippen LogP contribution in [0.3, 0.4) is 0 Å². The molecule has 2 amide bonds. The molecule has 0 aliphatic heterocycles. The molecule has 2 atom stereocenters. The van der Waals surface area contributed by atoms with Gasteiger partial charge in [0.2, 0.25) is 0 Å². The minimum Gasteiger partial charge on any atom is -0.331 e. The van der Waals surface area contributed by atoms with Crippen molar-refractivity contribution in [3.8, 4) is 0 Å². The third-order valence-electron chi connectivity index (χ3n) is 4.48. The van der Waals surface area contributed by atoms with Crippen molar-refractivity contribution in [2.75, 3.05) is 7.05 Å². The average molecular weight is 328 g/mol. The molecule has 3 nitrogen and oxygen atoms in total. The van der Waals surface area contributed by atoms with E-state index in [1.54, 1.807) is 24.1 Å². The van der Waals surface area contributed by atoms with Gasteiger partial charge < -0.3 is 10.2 Å². The molecule has 2 unspecified atom stereocenters. The molecule has 0 aliphatic carbocycles. The van der Waals surface area contributed by atoms with Gasteiger partial charge in [-0.2, -0.15) is 0 Å². The number of nitrogens with zero attached hydrogens (tertiary/aromatic N) is 1. The second-order valence-corrected chi connectivity index (χ2v) is 6.10. The summed E-state index contributed by atoms with van der Waals surface area (Å²) < 4.78 is 13.0. The zero-order chi connectivity index (χ0) is 17.7. The third kappa shape index (κ3) is 4.34. The molecule has 4 heteroatoms. The summed E-state index contributed by atoms with van der Waals surface area (Å²) in [7, 11) is 1.75. The van der Waals surface area contributed by atoms with Crippen LogP contribution in [0.5, 0.6) is 0 Å². The largest absolute Gasteiger partial charge is 0.331 e. The van der Waals surface area contributed by atoms with Gasteiger partial charge in [-0.15, -0.1) is 0 Å². The summed E-state index contributed by atoms with van der Waals surface area (Å²) in [4.78, 5) is 14.1. The first kappa shape index (κ1) is 18.0. The fraction of sp³-hybridized carbons (Fsp3) is 0.350. The number of carbonyl (C=O) groups is 1. The lowest BCUT2D eigenvalue weighted by atomic mass is 10.0. The number of rotatable bonds is 5. The number of aryl methyl sites for hydroxylation is 1. The SMILES string of the molecule is CCc1ccc(C(C)NC(=O)N(C)C(C)c2ccc(F)cc2)cc1. The number of urea groups is 1. The molecule has 0 fully saturated rings. The first-order valence-corrected chi connectivity index (χ1v) is 8.30. The molecule has 0 aliphatic rings. The van der Waals surface area contributed by atoms with E-state index in [1.807, 2.05) is 26.0 Å². The highest BCUT2D eigenvalue weighted by molar-refractivity contribution is 5.75. The Morgan fingerprint density at radius 3 is 2.12 bits per heavy atom. The van der Waals surface area contributed by atoms with Gasteiger partial charge in [0.1, 0.15) is 5.82 Å². The van der Waals surface area contributed by atoms with E-state index in [-0.39, 0.29) is 23.9 Å². The van der Waals surface area contributed by atoms with Crippen molar-refractivity contribution >= 4 is 6.03 Å². The number of amides is 2. The highest BCUT2D eigenvalue weighted by Crippen LogP contribution is 2.20. The van der Waals surface area contributed by atoms with Gasteiger partial charge in [0.25, 0.3) is 0 Å². The molecule has 0 radical (unpaired) electrons. The van der Waals surface area contributed by atoms with Crippen LogP contribution in [0, 0.1) is 5.82 Å². The minimum atomic E-state index is -0.276. The Balaban J connectivity index is 2.00. The molecular weight excluding hydrogens is 303 g/mol. The van der Waals surface area contributed by atoms with Crippen molar-refractivity contribution < 1.29 is 9.18 Å². The lowest BCUT2D eigenvalue weighted by Gasteiger charge is -2.27. The van der Waals surface area contributed by atoms with E-state index in [1.165, 1.54) is 17.7 Å². The lowest BCUT2D eigenvalue weighted by Crippen LogP contribution is -2.39. The van der Waals surface area contributed by atoms with Gasteiger partial charge in [0.15, 0.2) is 0 Å². The zero-order valence-electron chi connectivity index (χ0n) is 14.7. The first-order valence-electron chi connectivity index (χ1n) is 8.30. The summed E-state index contributed by atoms with van der Waals surface area (Å²) in [5.41, 5.74) is 3.25. The first-order chi connectivity index (χ1) is 11.4. The van der Waals surface area contributed by atoms with Crippen LogP contribution in [0.15, 0.2) is 48.5 Å². The maximum atomic E-state index is 13.0. The zero-order valence-corrected chi connectivity index (χ0v) is 14.7. The Bertz CT molecular complexity index is 667. The van der Waals surface area contributed by atoms with Crippen LogP contribution < -0.4 is 5.32 Å².